The second-order valence-electron chi connectivity index (χ2n) is 7.99. The summed E-state index contributed by atoms with van der Waals surface area (Å²) < 4.78 is 53.3. The fraction of sp³-hybridized carbons (Fsp3) is 0.318. The van der Waals surface area contributed by atoms with Crippen LogP contribution in [0.2, 0.25) is 0 Å². The van der Waals surface area contributed by atoms with Crippen molar-refractivity contribution < 1.29 is 32.9 Å². The molecule has 2 aliphatic rings. The Morgan fingerprint density at radius 2 is 1.79 bits per heavy atom. The lowest BCUT2D eigenvalue weighted by Crippen LogP contribution is -2.66. The summed E-state index contributed by atoms with van der Waals surface area (Å²) in [6.07, 6.45) is 0.358. The van der Waals surface area contributed by atoms with Crippen LogP contribution in [0.3, 0.4) is 0 Å². The number of nitriles is 1. The average Bonchev–Trinajstić information content (AvgIpc) is 3.29. The van der Waals surface area contributed by atoms with Crippen molar-refractivity contribution in [3.63, 3.8) is 0 Å². The molecule has 8 nitrogen and oxygen atoms in total. The SMILES string of the molecule is Cc1cnc(C#N)c(S[C@H]2OC3C(O)O[C@@H]3C(n3cc(-c4cc(F)c(F)c(F)c4)cn3)C2O)c1. The van der Waals surface area contributed by atoms with Crippen molar-refractivity contribution in [2.24, 2.45) is 0 Å². The maximum Gasteiger partial charge on any atom is 0.194 e. The number of nitrogens with zero attached hydrogens (tertiary/aromatic N) is 4. The Kier molecular flexibility index (Phi) is 5.83. The van der Waals surface area contributed by atoms with Crippen molar-refractivity contribution in [3.05, 3.63) is 65.5 Å². The van der Waals surface area contributed by atoms with Crippen LogP contribution in [0.1, 0.15) is 17.3 Å². The summed E-state index contributed by atoms with van der Waals surface area (Å²) in [7, 11) is 0. The fourth-order valence-electron chi connectivity index (χ4n) is 4.02. The number of pyridine rings is 1. The van der Waals surface area contributed by atoms with Gasteiger partial charge in [0.25, 0.3) is 0 Å². The quantitative estimate of drug-likeness (QED) is 0.537. The Hall–Kier alpha value is -2.95. The molecule has 4 heterocycles. The van der Waals surface area contributed by atoms with Gasteiger partial charge in [-0.3, -0.25) is 4.68 Å². The molecular weight excluding hydrogens is 473 g/mol. The third kappa shape index (κ3) is 3.85. The van der Waals surface area contributed by atoms with Crippen LogP contribution in [0.5, 0.6) is 0 Å². The van der Waals surface area contributed by atoms with Gasteiger partial charge in [-0.25, -0.2) is 18.2 Å². The first-order valence-electron chi connectivity index (χ1n) is 10.2. The van der Waals surface area contributed by atoms with Crippen molar-refractivity contribution in [2.45, 2.75) is 47.9 Å². The highest BCUT2D eigenvalue weighted by Crippen LogP contribution is 2.45. The molecule has 1 aromatic carbocycles. The number of aliphatic hydroxyl groups excluding tert-OH is 2. The summed E-state index contributed by atoms with van der Waals surface area (Å²) >= 11 is 1.08. The topological polar surface area (TPSA) is 113 Å². The average molecular weight is 490 g/mol. The smallest absolute Gasteiger partial charge is 0.194 e. The summed E-state index contributed by atoms with van der Waals surface area (Å²) in [6, 6.07) is 4.61. The van der Waals surface area contributed by atoms with E-state index >= 15 is 0 Å². The molecule has 176 valence electrons. The van der Waals surface area contributed by atoms with Gasteiger partial charge in [-0.15, -0.1) is 0 Å². The van der Waals surface area contributed by atoms with E-state index in [2.05, 4.69) is 10.1 Å². The van der Waals surface area contributed by atoms with Crippen LogP contribution in [-0.2, 0) is 9.47 Å². The first-order chi connectivity index (χ1) is 16.3. The van der Waals surface area contributed by atoms with E-state index in [1.165, 1.54) is 17.1 Å². The van der Waals surface area contributed by atoms with Crippen LogP contribution >= 0.6 is 11.8 Å². The highest BCUT2D eigenvalue weighted by molar-refractivity contribution is 7.99. The van der Waals surface area contributed by atoms with Gasteiger partial charge in [-0.2, -0.15) is 10.4 Å². The number of rotatable bonds is 4. The number of hydrogen-bond donors (Lipinski definition) is 2. The van der Waals surface area contributed by atoms with E-state index in [1.54, 1.807) is 12.3 Å². The molecule has 6 atom stereocenters. The number of aromatic nitrogens is 3. The molecule has 2 aliphatic heterocycles. The van der Waals surface area contributed by atoms with Crippen molar-refractivity contribution in [1.82, 2.24) is 14.8 Å². The predicted molar refractivity (Wildman–Crippen MR) is 112 cm³/mol. The van der Waals surface area contributed by atoms with Crippen LogP contribution in [0.15, 0.2) is 41.7 Å². The van der Waals surface area contributed by atoms with Crippen LogP contribution in [-0.4, -0.2) is 55.0 Å². The van der Waals surface area contributed by atoms with Crippen molar-refractivity contribution in [3.8, 4) is 17.2 Å². The minimum absolute atomic E-state index is 0.0609. The van der Waals surface area contributed by atoms with Crippen LogP contribution in [0.4, 0.5) is 13.2 Å². The standard InChI is InChI=1S/C22H17F3N4O4S/c1-9-2-15(14(5-26)27-6-9)34-22-18(30)17(19-20(33-22)21(31)32-19)29-8-11(7-28-29)10-3-12(23)16(25)13(24)4-10/h2-4,6-8,17-22,30-31H,1H3/t17?,18?,19-,20?,21?,22-/m1/s1. The summed E-state index contributed by atoms with van der Waals surface area (Å²) in [5.74, 6) is -4.25. The van der Waals surface area contributed by atoms with Crippen molar-refractivity contribution in [1.29, 1.82) is 5.26 Å². The fourth-order valence-corrected chi connectivity index (χ4v) is 5.22. The predicted octanol–water partition coefficient (Wildman–Crippen LogP) is 2.68. The maximum absolute atomic E-state index is 13.7. The molecule has 12 heteroatoms. The minimum atomic E-state index is -1.57. The second-order valence-corrected chi connectivity index (χ2v) is 9.13. The molecule has 2 saturated heterocycles. The van der Waals surface area contributed by atoms with Gasteiger partial charge in [0.15, 0.2) is 29.4 Å². The van der Waals surface area contributed by atoms with E-state index in [-0.39, 0.29) is 16.8 Å². The van der Waals surface area contributed by atoms with Gasteiger partial charge in [0.1, 0.15) is 35.9 Å². The van der Waals surface area contributed by atoms with E-state index in [0.717, 1.165) is 29.5 Å². The molecule has 34 heavy (non-hydrogen) atoms. The van der Waals surface area contributed by atoms with Crippen LogP contribution < -0.4 is 0 Å². The van der Waals surface area contributed by atoms with Crippen LogP contribution in [0, 0.1) is 35.7 Å². The molecule has 0 aliphatic carbocycles. The Morgan fingerprint density at radius 1 is 1.06 bits per heavy atom. The van der Waals surface area contributed by atoms with Gasteiger partial charge in [0, 0.05) is 22.9 Å². The van der Waals surface area contributed by atoms with E-state index in [9.17, 15) is 28.6 Å². The molecule has 0 radical (unpaired) electrons. The van der Waals surface area contributed by atoms with Crippen molar-refractivity contribution in [2.75, 3.05) is 0 Å². The third-order valence-electron chi connectivity index (χ3n) is 5.72. The Bertz CT molecular complexity index is 1280. The number of aryl methyl sites for hydroxylation is 1. The molecule has 2 fully saturated rings. The van der Waals surface area contributed by atoms with E-state index < -0.39 is 53.5 Å². The molecule has 0 amide bonds. The Labute approximate surface area is 195 Å². The summed E-state index contributed by atoms with van der Waals surface area (Å²) in [6.45, 7) is 1.81. The maximum atomic E-state index is 13.7. The largest absolute Gasteiger partial charge is 0.387 e. The first-order valence-corrected chi connectivity index (χ1v) is 11.0. The lowest BCUT2D eigenvalue weighted by molar-refractivity contribution is -0.361. The van der Waals surface area contributed by atoms with Gasteiger partial charge in [0.2, 0.25) is 0 Å². The first kappa shape index (κ1) is 22.8. The van der Waals surface area contributed by atoms with E-state index in [1.807, 2.05) is 13.0 Å². The number of halogens is 3. The number of fused-ring (bicyclic) bond motifs is 1. The Morgan fingerprint density at radius 3 is 2.47 bits per heavy atom. The molecule has 5 rings (SSSR count). The summed E-state index contributed by atoms with van der Waals surface area (Å²) in [4.78, 5) is 4.58. The number of thioether (sulfide) groups is 1. The van der Waals surface area contributed by atoms with Gasteiger partial charge in [-0.1, -0.05) is 11.8 Å². The van der Waals surface area contributed by atoms with Gasteiger partial charge < -0.3 is 19.7 Å². The molecule has 3 aromatic rings. The molecule has 0 spiro atoms. The molecule has 4 unspecified atom stereocenters. The zero-order chi connectivity index (χ0) is 24.1. The van der Waals surface area contributed by atoms with Gasteiger partial charge >= 0.3 is 0 Å². The lowest BCUT2D eigenvalue weighted by atomic mass is 9.92. The lowest BCUT2D eigenvalue weighted by Gasteiger charge is -2.52. The van der Waals surface area contributed by atoms with E-state index in [4.69, 9.17) is 9.47 Å². The molecule has 2 N–H and O–H groups in total. The van der Waals surface area contributed by atoms with Gasteiger partial charge in [-0.05, 0) is 36.2 Å². The Balaban J connectivity index is 1.46. The molecule has 0 saturated carbocycles. The molecular formula is C22H17F3N4O4S. The van der Waals surface area contributed by atoms with Crippen molar-refractivity contribution >= 4 is 11.8 Å². The summed E-state index contributed by atoms with van der Waals surface area (Å²) in [5, 5.41) is 34.8. The van der Waals surface area contributed by atoms with Crippen LogP contribution in [0.25, 0.3) is 11.1 Å². The number of ether oxygens (including phenoxy) is 2. The summed E-state index contributed by atoms with van der Waals surface area (Å²) in [5.41, 5.74) is 0.410. The van der Waals surface area contributed by atoms with E-state index in [0.29, 0.717) is 4.90 Å². The third-order valence-corrected chi connectivity index (χ3v) is 6.91. The second kappa shape index (κ2) is 8.68. The highest BCUT2D eigenvalue weighted by Gasteiger charge is 2.57. The molecule has 0 bridgehead atoms. The number of aliphatic hydroxyl groups is 2. The zero-order valence-corrected chi connectivity index (χ0v) is 18.3. The highest BCUT2D eigenvalue weighted by atomic mass is 32.2. The normalized spacial score (nSPS) is 28.1. The van der Waals surface area contributed by atoms with Gasteiger partial charge in [0.05, 0.1) is 6.20 Å². The minimum Gasteiger partial charge on any atom is -0.387 e. The molecule has 2 aromatic heterocycles. The number of hydrogen-bond acceptors (Lipinski definition) is 8. The zero-order valence-electron chi connectivity index (χ0n) is 17.5. The number of benzene rings is 1. The monoisotopic (exact) mass is 490 g/mol.